The van der Waals surface area contributed by atoms with Gasteiger partial charge < -0.3 is 10.1 Å². The largest absolute Gasteiger partial charge is 0.484 e. The van der Waals surface area contributed by atoms with Gasteiger partial charge in [-0.3, -0.25) is 14.5 Å². The van der Waals surface area contributed by atoms with Crippen molar-refractivity contribution in [3.05, 3.63) is 94.1 Å². The fourth-order valence-corrected chi connectivity index (χ4v) is 4.63. The summed E-state index contributed by atoms with van der Waals surface area (Å²) in [7, 11) is 0. The third-order valence-corrected chi connectivity index (χ3v) is 6.37. The number of amides is 2. The number of aryl methyl sites for hydroxylation is 2. The van der Waals surface area contributed by atoms with E-state index in [1.165, 1.54) is 40.9 Å². The lowest BCUT2D eigenvalue weighted by molar-refractivity contribution is -0.118. The number of anilines is 2. The van der Waals surface area contributed by atoms with Crippen LogP contribution in [0.5, 0.6) is 5.75 Å². The summed E-state index contributed by atoms with van der Waals surface area (Å²) in [6, 6.07) is 18.6. The highest BCUT2D eigenvalue weighted by atomic mass is 32.2. The molecule has 2 amide bonds. The third kappa shape index (κ3) is 5.52. The molecule has 0 saturated carbocycles. The molecule has 0 unspecified atom stereocenters. The van der Waals surface area contributed by atoms with Gasteiger partial charge in [-0.05, 0) is 79.1 Å². The Bertz CT molecular complexity index is 1310. The van der Waals surface area contributed by atoms with Crippen molar-refractivity contribution in [3.8, 4) is 5.75 Å². The number of benzene rings is 3. The average molecular weight is 493 g/mol. The fraction of sp³-hybridized carbons (Fsp3) is 0.115. The summed E-state index contributed by atoms with van der Waals surface area (Å²) in [4.78, 5) is 27.1. The molecule has 8 heteroatoms. The van der Waals surface area contributed by atoms with Gasteiger partial charge in [0.15, 0.2) is 10.9 Å². The first-order valence-corrected chi connectivity index (χ1v) is 11.7. The molecule has 3 aromatic rings. The van der Waals surface area contributed by atoms with Crippen molar-refractivity contribution < 1.29 is 18.7 Å². The summed E-state index contributed by atoms with van der Waals surface area (Å²) in [6.45, 7) is 3.74. The van der Waals surface area contributed by atoms with E-state index >= 15 is 0 Å². The van der Waals surface area contributed by atoms with Gasteiger partial charge in [0.1, 0.15) is 11.6 Å². The Hall–Kier alpha value is -3.49. The lowest BCUT2D eigenvalue weighted by atomic mass is 10.1. The first-order valence-electron chi connectivity index (χ1n) is 10.4. The van der Waals surface area contributed by atoms with Crippen LogP contribution in [-0.4, -0.2) is 22.7 Å². The molecule has 5 nitrogen and oxygen atoms in total. The molecule has 0 bridgehead atoms. The van der Waals surface area contributed by atoms with Crippen molar-refractivity contribution >= 4 is 57.6 Å². The van der Waals surface area contributed by atoms with Crippen LogP contribution in [0.2, 0.25) is 0 Å². The Morgan fingerprint density at radius 2 is 1.88 bits per heavy atom. The van der Waals surface area contributed by atoms with E-state index < -0.39 is 0 Å². The second kappa shape index (κ2) is 10.2. The maximum Gasteiger partial charge on any atom is 0.270 e. The van der Waals surface area contributed by atoms with Crippen LogP contribution in [-0.2, 0) is 9.59 Å². The Morgan fingerprint density at radius 1 is 1.12 bits per heavy atom. The molecule has 4 rings (SSSR count). The van der Waals surface area contributed by atoms with Gasteiger partial charge in [0.25, 0.3) is 11.8 Å². The predicted molar refractivity (Wildman–Crippen MR) is 139 cm³/mol. The van der Waals surface area contributed by atoms with Crippen LogP contribution in [0.15, 0.2) is 71.6 Å². The third-order valence-electron chi connectivity index (χ3n) is 5.07. The summed E-state index contributed by atoms with van der Waals surface area (Å²) in [5, 5.41) is 2.86. The van der Waals surface area contributed by atoms with Gasteiger partial charge in [-0.1, -0.05) is 48.2 Å². The second-order valence-corrected chi connectivity index (χ2v) is 9.40. The minimum atomic E-state index is -0.385. The molecule has 1 heterocycles. The van der Waals surface area contributed by atoms with Gasteiger partial charge in [0.05, 0.1) is 10.6 Å². The Labute approximate surface area is 206 Å². The van der Waals surface area contributed by atoms with E-state index in [1.807, 2.05) is 38.1 Å². The van der Waals surface area contributed by atoms with Crippen LogP contribution in [0.25, 0.3) is 6.08 Å². The number of hydrogen-bond donors (Lipinski definition) is 1. The molecule has 3 aromatic carbocycles. The second-order valence-electron chi connectivity index (χ2n) is 7.72. The minimum absolute atomic E-state index is 0.149. The predicted octanol–water partition coefficient (Wildman–Crippen LogP) is 5.87. The molecular formula is C26H21FN2O3S2. The fourth-order valence-electron chi connectivity index (χ4n) is 3.33. The van der Waals surface area contributed by atoms with E-state index in [0.717, 1.165) is 22.4 Å². The number of carbonyl (C=O) groups excluding carboxylic acids is 2. The van der Waals surface area contributed by atoms with Crippen LogP contribution in [0.3, 0.4) is 0 Å². The molecule has 1 aliphatic rings. The summed E-state index contributed by atoms with van der Waals surface area (Å²) in [5.74, 6) is -0.428. The van der Waals surface area contributed by atoms with E-state index in [0.29, 0.717) is 20.7 Å². The lowest BCUT2D eigenvalue weighted by Crippen LogP contribution is -2.27. The maximum atomic E-state index is 13.2. The molecule has 1 fully saturated rings. The van der Waals surface area contributed by atoms with Crippen molar-refractivity contribution in [1.82, 2.24) is 0 Å². The van der Waals surface area contributed by atoms with Crippen molar-refractivity contribution in [2.75, 3.05) is 16.8 Å². The molecular weight excluding hydrogens is 471 g/mol. The topological polar surface area (TPSA) is 58.6 Å². The van der Waals surface area contributed by atoms with Gasteiger partial charge >= 0.3 is 0 Å². The molecule has 1 saturated heterocycles. The summed E-state index contributed by atoms with van der Waals surface area (Å²) >= 11 is 6.53. The highest BCUT2D eigenvalue weighted by Gasteiger charge is 2.33. The number of carbonyl (C=O) groups is 2. The zero-order valence-electron chi connectivity index (χ0n) is 18.5. The van der Waals surface area contributed by atoms with Crippen molar-refractivity contribution in [3.63, 3.8) is 0 Å². The van der Waals surface area contributed by atoms with Gasteiger partial charge in [-0.25, -0.2) is 4.39 Å². The van der Waals surface area contributed by atoms with Gasteiger partial charge in [-0.2, -0.15) is 0 Å². The first kappa shape index (κ1) is 23.7. The molecule has 172 valence electrons. The minimum Gasteiger partial charge on any atom is -0.484 e. The van der Waals surface area contributed by atoms with Crippen LogP contribution in [0.4, 0.5) is 15.8 Å². The maximum absolute atomic E-state index is 13.2. The Kier molecular flexibility index (Phi) is 7.09. The van der Waals surface area contributed by atoms with Crippen molar-refractivity contribution in [1.29, 1.82) is 0 Å². The number of rotatable bonds is 6. The molecule has 0 aromatic heterocycles. The summed E-state index contributed by atoms with van der Waals surface area (Å²) in [5.41, 5.74) is 4.02. The van der Waals surface area contributed by atoms with E-state index in [1.54, 1.807) is 24.3 Å². The molecule has 0 atom stereocenters. The smallest absolute Gasteiger partial charge is 0.270 e. The highest BCUT2D eigenvalue weighted by molar-refractivity contribution is 8.27. The Balaban J connectivity index is 1.42. The monoisotopic (exact) mass is 492 g/mol. The lowest BCUT2D eigenvalue weighted by Gasteiger charge is -2.14. The number of ether oxygens (including phenoxy) is 1. The SMILES string of the molecule is Cc1ccc(C)c(NC(=O)COc2cccc(/C=C3\SC(=S)N(c4ccc(F)cc4)C3=O)c2)c1. The molecule has 1 aliphatic heterocycles. The first-order chi connectivity index (χ1) is 16.3. The number of halogens is 1. The number of thiocarbonyl (C=S) groups is 1. The van der Waals surface area contributed by atoms with Crippen LogP contribution < -0.4 is 15.0 Å². The molecule has 34 heavy (non-hydrogen) atoms. The average Bonchev–Trinajstić information content (AvgIpc) is 3.08. The van der Waals surface area contributed by atoms with Crippen LogP contribution >= 0.6 is 24.0 Å². The van der Waals surface area contributed by atoms with Gasteiger partial charge in [0, 0.05) is 5.69 Å². The molecule has 0 spiro atoms. The van der Waals surface area contributed by atoms with E-state index in [-0.39, 0.29) is 24.2 Å². The number of thioether (sulfide) groups is 1. The van der Waals surface area contributed by atoms with Crippen molar-refractivity contribution in [2.45, 2.75) is 13.8 Å². The standard InChI is InChI=1S/C26H21FN2O3S2/c1-16-6-7-17(2)22(12-16)28-24(30)15-32-21-5-3-4-18(13-21)14-23-25(31)29(26(33)34-23)20-10-8-19(27)9-11-20/h3-14H,15H2,1-2H3,(H,28,30)/b23-14-. The van der Waals surface area contributed by atoms with Gasteiger partial charge in [-0.15, -0.1) is 0 Å². The quantitative estimate of drug-likeness (QED) is 0.345. The molecule has 1 N–H and O–H groups in total. The molecule has 0 aliphatic carbocycles. The number of hydrogen-bond acceptors (Lipinski definition) is 5. The van der Waals surface area contributed by atoms with E-state index in [9.17, 15) is 14.0 Å². The highest BCUT2D eigenvalue weighted by Crippen LogP contribution is 2.36. The summed E-state index contributed by atoms with van der Waals surface area (Å²) < 4.78 is 19.3. The zero-order chi connectivity index (χ0) is 24.2. The zero-order valence-corrected chi connectivity index (χ0v) is 20.1. The van der Waals surface area contributed by atoms with Crippen LogP contribution in [0.1, 0.15) is 16.7 Å². The van der Waals surface area contributed by atoms with Crippen LogP contribution in [0, 0.1) is 19.7 Å². The van der Waals surface area contributed by atoms with Gasteiger partial charge in [0.2, 0.25) is 0 Å². The number of nitrogens with zero attached hydrogens (tertiary/aromatic N) is 1. The van der Waals surface area contributed by atoms with Crippen molar-refractivity contribution in [2.24, 2.45) is 0 Å². The van der Waals surface area contributed by atoms with E-state index in [4.69, 9.17) is 17.0 Å². The van der Waals surface area contributed by atoms with E-state index in [2.05, 4.69) is 5.32 Å². The Morgan fingerprint density at radius 3 is 2.65 bits per heavy atom. The normalized spacial score (nSPS) is 14.6. The molecule has 0 radical (unpaired) electrons. The summed E-state index contributed by atoms with van der Waals surface area (Å²) in [6.07, 6.45) is 1.71. The number of nitrogens with one attached hydrogen (secondary N) is 1.